The molecule has 4 nitrogen and oxygen atoms in total. The third-order valence-corrected chi connectivity index (χ3v) is 2.03. The zero-order valence-electron chi connectivity index (χ0n) is 8.63. The van der Waals surface area contributed by atoms with Crippen LogP contribution in [0.5, 0.6) is 11.6 Å². The summed E-state index contributed by atoms with van der Waals surface area (Å²) in [5.74, 6) is -1.74. The van der Waals surface area contributed by atoms with Crippen LogP contribution >= 0.6 is 0 Å². The molecule has 2 rings (SSSR count). The van der Waals surface area contributed by atoms with Crippen LogP contribution in [-0.4, -0.2) is 16.1 Å². The Kier molecular flexibility index (Phi) is 3.00. The summed E-state index contributed by atoms with van der Waals surface area (Å²) in [5.41, 5.74) is -0.129. The van der Waals surface area contributed by atoms with Crippen LogP contribution < -0.4 is 4.74 Å². The van der Waals surface area contributed by atoms with Gasteiger partial charge in [-0.05, 0) is 24.3 Å². The smallest absolute Gasteiger partial charge is 0.335 e. The van der Waals surface area contributed by atoms with Gasteiger partial charge in [-0.15, -0.1) is 0 Å². The molecule has 1 heterocycles. The molecule has 1 aromatic carbocycles. The number of carbonyl (C=O) groups is 1. The number of benzene rings is 1. The molecule has 1 aromatic heterocycles. The van der Waals surface area contributed by atoms with E-state index in [4.69, 9.17) is 9.84 Å². The van der Waals surface area contributed by atoms with Gasteiger partial charge < -0.3 is 9.84 Å². The van der Waals surface area contributed by atoms with Crippen molar-refractivity contribution in [3.05, 3.63) is 54.0 Å². The predicted octanol–water partition coefficient (Wildman–Crippen LogP) is 2.71. The molecule has 0 atom stereocenters. The molecule has 0 radical (unpaired) electrons. The highest BCUT2D eigenvalue weighted by Gasteiger charge is 2.10. The van der Waals surface area contributed by atoms with Crippen molar-refractivity contribution in [3.8, 4) is 11.6 Å². The highest BCUT2D eigenvalue weighted by molar-refractivity contribution is 5.87. The molecule has 0 saturated carbocycles. The van der Waals surface area contributed by atoms with E-state index >= 15 is 0 Å². The molecule has 0 spiro atoms. The topological polar surface area (TPSA) is 59.4 Å². The summed E-state index contributed by atoms with van der Waals surface area (Å²) in [6.07, 6.45) is 1.51. The number of ether oxygens (including phenoxy) is 1. The summed E-state index contributed by atoms with van der Waals surface area (Å²) in [7, 11) is 0. The van der Waals surface area contributed by atoms with Gasteiger partial charge in [0, 0.05) is 12.3 Å². The van der Waals surface area contributed by atoms with Crippen molar-refractivity contribution >= 4 is 5.97 Å². The van der Waals surface area contributed by atoms with Crippen LogP contribution in [0.4, 0.5) is 4.39 Å². The molecule has 0 fully saturated rings. The van der Waals surface area contributed by atoms with Gasteiger partial charge in [-0.3, -0.25) is 0 Å². The van der Waals surface area contributed by atoms with E-state index in [9.17, 15) is 9.18 Å². The van der Waals surface area contributed by atoms with Gasteiger partial charge in [-0.1, -0.05) is 6.07 Å². The number of pyridine rings is 1. The van der Waals surface area contributed by atoms with Crippen LogP contribution in [0.2, 0.25) is 0 Å². The second kappa shape index (κ2) is 4.61. The summed E-state index contributed by atoms with van der Waals surface area (Å²) in [6.45, 7) is 0. The molecule has 0 aliphatic rings. The Balaban J connectivity index is 2.26. The van der Waals surface area contributed by atoms with E-state index in [1.807, 2.05) is 0 Å². The maximum Gasteiger partial charge on any atom is 0.335 e. The van der Waals surface area contributed by atoms with Crippen molar-refractivity contribution in [1.82, 2.24) is 4.98 Å². The number of halogens is 1. The van der Waals surface area contributed by atoms with Gasteiger partial charge in [0.1, 0.15) is 0 Å². The van der Waals surface area contributed by atoms with E-state index in [1.165, 1.54) is 18.3 Å². The zero-order chi connectivity index (χ0) is 12.3. The molecule has 0 aliphatic heterocycles. The van der Waals surface area contributed by atoms with Crippen molar-refractivity contribution in [2.45, 2.75) is 0 Å². The first-order valence-corrected chi connectivity index (χ1v) is 4.78. The fourth-order valence-corrected chi connectivity index (χ4v) is 1.24. The highest BCUT2D eigenvalue weighted by atomic mass is 19.1. The molecule has 0 amide bonds. The van der Waals surface area contributed by atoms with Crippen molar-refractivity contribution in [1.29, 1.82) is 0 Å². The Morgan fingerprint density at radius 1 is 1.29 bits per heavy atom. The van der Waals surface area contributed by atoms with Gasteiger partial charge in [-0.25, -0.2) is 14.2 Å². The quantitative estimate of drug-likeness (QED) is 0.885. The Bertz CT molecular complexity index is 543. The number of carboxylic acid groups (broad SMARTS) is 1. The SMILES string of the molecule is O=C(O)c1ccc(Oc2ccccn2)c(F)c1. The van der Waals surface area contributed by atoms with Crippen LogP contribution in [0, 0.1) is 5.82 Å². The summed E-state index contributed by atoms with van der Waals surface area (Å²) in [6, 6.07) is 8.41. The number of rotatable bonds is 3. The molecule has 2 aromatic rings. The summed E-state index contributed by atoms with van der Waals surface area (Å²) >= 11 is 0. The Labute approximate surface area is 96.3 Å². The average molecular weight is 233 g/mol. The minimum Gasteiger partial charge on any atom is -0.478 e. The van der Waals surface area contributed by atoms with Gasteiger partial charge >= 0.3 is 5.97 Å². The van der Waals surface area contributed by atoms with Crippen molar-refractivity contribution < 1.29 is 19.0 Å². The molecule has 0 bridgehead atoms. The first-order valence-electron chi connectivity index (χ1n) is 4.78. The number of hydrogen-bond acceptors (Lipinski definition) is 3. The molecule has 86 valence electrons. The van der Waals surface area contributed by atoms with Crippen LogP contribution in [0.15, 0.2) is 42.6 Å². The van der Waals surface area contributed by atoms with Crippen LogP contribution in [0.3, 0.4) is 0 Å². The summed E-state index contributed by atoms with van der Waals surface area (Å²) in [5, 5.41) is 8.67. The Hall–Kier alpha value is -2.43. The van der Waals surface area contributed by atoms with Crippen molar-refractivity contribution in [2.24, 2.45) is 0 Å². The first-order chi connectivity index (χ1) is 8.16. The average Bonchev–Trinajstić information content (AvgIpc) is 2.33. The molecule has 1 N–H and O–H groups in total. The normalized spacial score (nSPS) is 9.94. The van der Waals surface area contributed by atoms with Gasteiger partial charge in [-0.2, -0.15) is 0 Å². The third kappa shape index (κ3) is 2.57. The highest BCUT2D eigenvalue weighted by Crippen LogP contribution is 2.23. The van der Waals surface area contributed by atoms with Crippen LogP contribution in [-0.2, 0) is 0 Å². The molecule has 0 saturated heterocycles. The third-order valence-electron chi connectivity index (χ3n) is 2.03. The predicted molar refractivity (Wildman–Crippen MR) is 57.7 cm³/mol. The number of aromatic carboxylic acids is 1. The molecule has 0 aliphatic carbocycles. The van der Waals surface area contributed by atoms with Crippen molar-refractivity contribution in [2.75, 3.05) is 0 Å². The molecule has 17 heavy (non-hydrogen) atoms. The lowest BCUT2D eigenvalue weighted by Crippen LogP contribution is -1.98. The number of aromatic nitrogens is 1. The largest absolute Gasteiger partial charge is 0.478 e. The number of nitrogens with zero attached hydrogens (tertiary/aromatic N) is 1. The minimum absolute atomic E-state index is 0.0614. The van der Waals surface area contributed by atoms with E-state index in [2.05, 4.69) is 4.98 Å². The van der Waals surface area contributed by atoms with Gasteiger partial charge in [0.2, 0.25) is 5.88 Å². The van der Waals surface area contributed by atoms with E-state index in [-0.39, 0.29) is 17.2 Å². The lowest BCUT2D eigenvalue weighted by molar-refractivity contribution is 0.0696. The fraction of sp³-hybridized carbons (Fsp3) is 0. The van der Waals surface area contributed by atoms with Crippen LogP contribution in [0.25, 0.3) is 0 Å². The lowest BCUT2D eigenvalue weighted by atomic mass is 10.2. The molecule has 0 unspecified atom stereocenters. The minimum atomic E-state index is -1.19. The first kappa shape index (κ1) is 11.1. The molecular formula is C12H8FNO3. The number of hydrogen-bond donors (Lipinski definition) is 1. The second-order valence-electron chi connectivity index (χ2n) is 3.22. The van der Waals surface area contributed by atoms with Gasteiger partial charge in [0.25, 0.3) is 0 Å². The van der Waals surface area contributed by atoms with Crippen LogP contribution in [0.1, 0.15) is 10.4 Å². The molecular weight excluding hydrogens is 225 g/mol. The standard InChI is InChI=1S/C12H8FNO3/c13-9-7-8(12(15)16)4-5-10(9)17-11-3-1-2-6-14-11/h1-7H,(H,15,16). The van der Waals surface area contributed by atoms with Crippen molar-refractivity contribution in [3.63, 3.8) is 0 Å². The van der Waals surface area contributed by atoms with E-state index in [1.54, 1.807) is 18.2 Å². The maximum absolute atomic E-state index is 13.5. The summed E-state index contributed by atoms with van der Waals surface area (Å²) < 4.78 is 18.6. The fourth-order valence-electron chi connectivity index (χ4n) is 1.24. The Morgan fingerprint density at radius 3 is 2.71 bits per heavy atom. The number of carboxylic acids is 1. The van der Waals surface area contributed by atoms with Gasteiger partial charge in [0.15, 0.2) is 11.6 Å². The maximum atomic E-state index is 13.5. The lowest BCUT2D eigenvalue weighted by Gasteiger charge is -2.05. The van der Waals surface area contributed by atoms with E-state index < -0.39 is 11.8 Å². The summed E-state index contributed by atoms with van der Waals surface area (Å²) in [4.78, 5) is 14.5. The second-order valence-corrected chi connectivity index (χ2v) is 3.22. The molecule has 5 heteroatoms. The Morgan fingerprint density at radius 2 is 2.12 bits per heavy atom. The van der Waals surface area contributed by atoms with Gasteiger partial charge in [0.05, 0.1) is 5.56 Å². The zero-order valence-corrected chi connectivity index (χ0v) is 8.63. The van der Waals surface area contributed by atoms with E-state index in [0.717, 1.165) is 6.07 Å². The van der Waals surface area contributed by atoms with E-state index in [0.29, 0.717) is 0 Å². The monoisotopic (exact) mass is 233 g/mol.